The largest absolute Gasteiger partial charge is 0.507 e. The average Bonchev–Trinajstić information content (AvgIpc) is 3.01. The van der Waals surface area contributed by atoms with Crippen molar-refractivity contribution >= 4 is 23.1 Å². The van der Waals surface area contributed by atoms with E-state index >= 15 is 0 Å². The molecule has 0 spiro atoms. The van der Waals surface area contributed by atoms with Crippen molar-refractivity contribution in [2.45, 2.75) is 6.04 Å². The quantitative estimate of drug-likeness (QED) is 0.164. The number of amides is 1. The molecule has 3 rings (SSSR count). The lowest BCUT2D eigenvalue weighted by Crippen LogP contribution is -2.33. The summed E-state index contributed by atoms with van der Waals surface area (Å²) in [6.45, 7) is -0.205. The van der Waals surface area contributed by atoms with Crippen LogP contribution in [0.2, 0.25) is 0 Å². The van der Waals surface area contributed by atoms with E-state index in [2.05, 4.69) is 0 Å². The standard InChI is InChI=1S/C21H19FN2O7/c22-15-3-1-2-14(12-15)18-17(19(26)13-4-6-16(7-5-13)24(29)30)20(27)21(28)23(18)8-10-31-11-9-25/h1-7,12,18,25-26H,8-11H2/t18-/m0/s1. The SMILES string of the molecule is O=C1C(=O)N(CCOCCO)[C@@H](c2cccc(F)c2)C1=C(O)c1ccc([N+](=O)[O-])cc1. The maximum Gasteiger partial charge on any atom is 0.295 e. The van der Waals surface area contributed by atoms with Crippen LogP contribution in [0.5, 0.6) is 0 Å². The molecule has 2 aromatic rings. The molecule has 1 amide bonds. The Bertz CT molecular complexity index is 1040. The highest BCUT2D eigenvalue weighted by molar-refractivity contribution is 6.46. The van der Waals surface area contributed by atoms with E-state index in [9.17, 15) is 29.2 Å². The van der Waals surface area contributed by atoms with Crippen LogP contribution in [0.1, 0.15) is 17.2 Å². The second kappa shape index (κ2) is 9.45. The molecule has 0 bridgehead atoms. The Morgan fingerprint density at radius 2 is 1.87 bits per heavy atom. The fraction of sp³-hybridized carbons (Fsp3) is 0.238. The number of nitrogens with zero attached hydrogens (tertiary/aromatic N) is 2. The molecule has 31 heavy (non-hydrogen) atoms. The minimum Gasteiger partial charge on any atom is -0.507 e. The van der Waals surface area contributed by atoms with Crippen LogP contribution < -0.4 is 0 Å². The molecular formula is C21H19FN2O7. The maximum absolute atomic E-state index is 13.9. The van der Waals surface area contributed by atoms with Crippen molar-refractivity contribution in [3.63, 3.8) is 0 Å². The fourth-order valence-corrected chi connectivity index (χ4v) is 3.36. The van der Waals surface area contributed by atoms with Gasteiger partial charge in [-0.1, -0.05) is 12.1 Å². The van der Waals surface area contributed by atoms with E-state index in [0.29, 0.717) is 0 Å². The number of halogens is 1. The molecule has 0 aromatic heterocycles. The van der Waals surface area contributed by atoms with Crippen LogP contribution in [0, 0.1) is 15.9 Å². The Hall–Kier alpha value is -3.63. The van der Waals surface area contributed by atoms with Gasteiger partial charge in [0.15, 0.2) is 0 Å². The zero-order valence-electron chi connectivity index (χ0n) is 16.2. The molecule has 0 radical (unpaired) electrons. The molecule has 1 aliphatic rings. The van der Waals surface area contributed by atoms with E-state index in [4.69, 9.17) is 9.84 Å². The number of benzene rings is 2. The molecule has 0 unspecified atom stereocenters. The Balaban J connectivity index is 2.06. The average molecular weight is 430 g/mol. The number of non-ortho nitro benzene ring substituents is 1. The third-order valence-corrected chi connectivity index (χ3v) is 4.77. The lowest BCUT2D eigenvalue weighted by Gasteiger charge is -2.25. The van der Waals surface area contributed by atoms with Gasteiger partial charge in [0.05, 0.1) is 36.4 Å². The van der Waals surface area contributed by atoms with Gasteiger partial charge in [-0.25, -0.2) is 4.39 Å². The second-order valence-electron chi connectivity index (χ2n) is 6.69. The number of likely N-dealkylation sites (tertiary alicyclic amines) is 1. The van der Waals surface area contributed by atoms with E-state index in [0.717, 1.165) is 23.1 Å². The minimum atomic E-state index is -1.08. The van der Waals surface area contributed by atoms with Gasteiger partial charge in [-0.3, -0.25) is 19.7 Å². The van der Waals surface area contributed by atoms with Crippen molar-refractivity contribution in [1.29, 1.82) is 0 Å². The van der Waals surface area contributed by atoms with E-state index in [1.807, 2.05) is 0 Å². The van der Waals surface area contributed by atoms with Crippen molar-refractivity contribution in [1.82, 2.24) is 4.90 Å². The predicted octanol–water partition coefficient (Wildman–Crippen LogP) is 2.16. The van der Waals surface area contributed by atoms with Crippen LogP contribution in [0.3, 0.4) is 0 Å². The van der Waals surface area contributed by atoms with Crippen molar-refractivity contribution < 1.29 is 33.9 Å². The predicted molar refractivity (Wildman–Crippen MR) is 106 cm³/mol. The maximum atomic E-state index is 13.9. The molecule has 1 saturated heterocycles. The van der Waals surface area contributed by atoms with Gasteiger partial charge in [0.25, 0.3) is 17.4 Å². The lowest BCUT2D eigenvalue weighted by molar-refractivity contribution is -0.384. The first-order valence-corrected chi connectivity index (χ1v) is 9.32. The Kier molecular flexibility index (Phi) is 6.73. The number of hydrogen-bond donors (Lipinski definition) is 2. The van der Waals surface area contributed by atoms with Crippen LogP contribution >= 0.6 is 0 Å². The molecule has 9 nitrogen and oxygen atoms in total. The Morgan fingerprint density at radius 3 is 2.48 bits per heavy atom. The molecule has 1 aliphatic heterocycles. The highest BCUT2D eigenvalue weighted by Crippen LogP contribution is 2.39. The van der Waals surface area contributed by atoms with Gasteiger partial charge < -0.3 is 19.8 Å². The van der Waals surface area contributed by atoms with Crippen LogP contribution in [-0.2, 0) is 14.3 Å². The zero-order valence-corrected chi connectivity index (χ0v) is 16.2. The van der Waals surface area contributed by atoms with Crippen molar-refractivity contribution in [2.75, 3.05) is 26.4 Å². The van der Waals surface area contributed by atoms with Gasteiger partial charge in [0, 0.05) is 24.2 Å². The Morgan fingerprint density at radius 1 is 1.16 bits per heavy atom. The molecular weight excluding hydrogens is 411 g/mol. The first-order valence-electron chi connectivity index (χ1n) is 9.32. The van der Waals surface area contributed by atoms with E-state index in [1.54, 1.807) is 0 Å². The molecule has 162 valence electrons. The topological polar surface area (TPSA) is 130 Å². The van der Waals surface area contributed by atoms with Gasteiger partial charge in [-0.05, 0) is 29.8 Å². The Labute approximate surface area is 176 Å². The number of aliphatic hydroxyl groups excluding tert-OH is 2. The van der Waals surface area contributed by atoms with E-state index in [1.165, 1.54) is 30.3 Å². The molecule has 1 heterocycles. The third-order valence-electron chi connectivity index (χ3n) is 4.77. The van der Waals surface area contributed by atoms with Crippen molar-refractivity contribution in [3.8, 4) is 0 Å². The second-order valence-corrected chi connectivity index (χ2v) is 6.69. The number of ether oxygens (including phenoxy) is 1. The number of carbonyl (C=O) groups excluding carboxylic acids is 2. The summed E-state index contributed by atoms with van der Waals surface area (Å²) in [6.07, 6.45) is 0. The fourth-order valence-electron chi connectivity index (χ4n) is 3.36. The molecule has 2 aromatic carbocycles. The van der Waals surface area contributed by atoms with Crippen molar-refractivity contribution in [2.24, 2.45) is 0 Å². The molecule has 2 N–H and O–H groups in total. The summed E-state index contributed by atoms with van der Waals surface area (Å²) in [4.78, 5) is 36.8. The van der Waals surface area contributed by atoms with Crippen LogP contribution in [-0.4, -0.2) is 58.1 Å². The smallest absolute Gasteiger partial charge is 0.295 e. The summed E-state index contributed by atoms with van der Waals surface area (Å²) in [6, 6.07) is 9.04. The molecule has 10 heteroatoms. The van der Waals surface area contributed by atoms with Gasteiger partial charge in [-0.15, -0.1) is 0 Å². The molecule has 0 aliphatic carbocycles. The summed E-state index contributed by atoms with van der Waals surface area (Å²) < 4.78 is 19.1. The zero-order chi connectivity index (χ0) is 22.5. The van der Waals surface area contributed by atoms with Gasteiger partial charge >= 0.3 is 0 Å². The number of rotatable bonds is 8. The lowest BCUT2D eigenvalue weighted by atomic mass is 9.95. The monoisotopic (exact) mass is 430 g/mol. The van der Waals surface area contributed by atoms with Crippen LogP contribution in [0.4, 0.5) is 10.1 Å². The number of ketones is 1. The van der Waals surface area contributed by atoms with Gasteiger partial charge in [-0.2, -0.15) is 0 Å². The van der Waals surface area contributed by atoms with Crippen LogP contribution in [0.25, 0.3) is 5.76 Å². The van der Waals surface area contributed by atoms with Crippen molar-refractivity contribution in [3.05, 3.63) is 81.2 Å². The number of Topliss-reactive ketones (excluding diaryl/α,β-unsaturated/α-hetero) is 1. The summed E-state index contributed by atoms with van der Waals surface area (Å²) in [5.41, 5.74) is -0.0994. The number of nitro groups is 1. The number of hydrogen-bond acceptors (Lipinski definition) is 7. The third kappa shape index (κ3) is 4.60. The summed E-state index contributed by atoms with van der Waals surface area (Å²) in [7, 11) is 0. The highest BCUT2D eigenvalue weighted by Gasteiger charge is 2.46. The number of nitro benzene ring substituents is 1. The molecule has 0 saturated carbocycles. The summed E-state index contributed by atoms with van der Waals surface area (Å²) >= 11 is 0. The van der Waals surface area contributed by atoms with Gasteiger partial charge in [0.2, 0.25) is 0 Å². The summed E-state index contributed by atoms with van der Waals surface area (Å²) in [5.74, 6) is -2.98. The van der Waals surface area contributed by atoms with Crippen LogP contribution in [0.15, 0.2) is 54.1 Å². The highest BCUT2D eigenvalue weighted by atomic mass is 19.1. The van der Waals surface area contributed by atoms with Gasteiger partial charge in [0.1, 0.15) is 11.6 Å². The number of carbonyl (C=O) groups is 2. The first kappa shape index (κ1) is 22.1. The molecule has 1 atom stereocenters. The summed E-state index contributed by atoms with van der Waals surface area (Å²) in [5, 5.41) is 30.5. The van der Waals surface area contributed by atoms with E-state index < -0.39 is 34.2 Å². The van der Waals surface area contributed by atoms with E-state index in [-0.39, 0.29) is 48.8 Å². The first-order chi connectivity index (χ1) is 14.8. The molecule has 1 fully saturated rings. The normalized spacial score (nSPS) is 17.9. The minimum absolute atomic E-state index is 0.0109. The number of aliphatic hydroxyl groups is 2.